The fourth-order valence-electron chi connectivity index (χ4n) is 4.11. The Hall–Kier alpha value is -2.80. The molecule has 2 saturated carbocycles. The largest absolute Gasteiger partial charge is 0.485 e. The van der Waals surface area contributed by atoms with Crippen LogP contribution in [0.2, 0.25) is 5.02 Å². The van der Waals surface area contributed by atoms with Crippen LogP contribution in [0.25, 0.3) is 0 Å². The SMILES string of the molecule is CO[C@@H]1CCC[C@H]1Oc1cc(Cl)c(C#N)cc1NS(=O)(=O)c1cc(C(=O)O)ccc1C1CC1. The molecule has 174 valence electrons. The highest BCUT2D eigenvalue weighted by Gasteiger charge is 2.33. The first-order valence-corrected chi connectivity index (χ1v) is 12.4. The maximum atomic E-state index is 13.4. The Morgan fingerprint density at radius 1 is 1.18 bits per heavy atom. The number of aromatic carboxylic acids is 1. The number of nitrogens with zero attached hydrogens (tertiary/aromatic N) is 1. The Labute approximate surface area is 197 Å². The van der Waals surface area contributed by atoms with Gasteiger partial charge in [-0.2, -0.15) is 5.26 Å². The van der Waals surface area contributed by atoms with E-state index >= 15 is 0 Å². The summed E-state index contributed by atoms with van der Waals surface area (Å²) in [5.41, 5.74) is 0.581. The molecule has 2 fully saturated rings. The van der Waals surface area contributed by atoms with Gasteiger partial charge in [0.1, 0.15) is 17.9 Å². The number of hydrogen-bond donors (Lipinski definition) is 2. The molecule has 2 aromatic rings. The quantitative estimate of drug-likeness (QED) is 0.556. The molecule has 0 saturated heterocycles. The molecule has 0 radical (unpaired) electrons. The number of benzene rings is 2. The molecule has 2 aliphatic carbocycles. The summed E-state index contributed by atoms with van der Waals surface area (Å²) in [6.07, 6.45) is 3.69. The van der Waals surface area contributed by atoms with Crippen molar-refractivity contribution < 1.29 is 27.8 Å². The summed E-state index contributed by atoms with van der Waals surface area (Å²) in [6, 6.07) is 8.80. The minimum atomic E-state index is -4.20. The fraction of sp³-hybridized carbons (Fsp3) is 0.391. The molecule has 0 aromatic heterocycles. The van der Waals surface area contributed by atoms with Crippen LogP contribution in [0.5, 0.6) is 5.75 Å². The van der Waals surface area contributed by atoms with Gasteiger partial charge in [0.05, 0.1) is 32.8 Å². The molecule has 0 spiro atoms. The molecule has 2 atom stereocenters. The van der Waals surface area contributed by atoms with Crippen LogP contribution in [0.15, 0.2) is 35.2 Å². The third-order valence-corrected chi connectivity index (χ3v) is 7.71. The first-order chi connectivity index (χ1) is 15.7. The first kappa shape index (κ1) is 23.4. The molecule has 4 rings (SSSR count). The van der Waals surface area contributed by atoms with Crippen molar-refractivity contribution in [3.8, 4) is 11.8 Å². The van der Waals surface area contributed by atoms with Gasteiger partial charge in [0, 0.05) is 13.2 Å². The zero-order chi connectivity index (χ0) is 23.8. The van der Waals surface area contributed by atoms with Crippen LogP contribution >= 0.6 is 11.6 Å². The van der Waals surface area contributed by atoms with Gasteiger partial charge in [0.2, 0.25) is 0 Å². The molecule has 2 aliphatic rings. The van der Waals surface area contributed by atoms with Crippen molar-refractivity contribution in [3.63, 3.8) is 0 Å². The highest BCUT2D eigenvalue weighted by molar-refractivity contribution is 7.92. The van der Waals surface area contributed by atoms with Gasteiger partial charge in [-0.25, -0.2) is 13.2 Å². The summed E-state index contributed by atoms with van der Waals surface area (Å²) < 4.78 is 40.9. The number of rotatable bonds is 8. The lowest BCUT2D eigenvalue weighted by molar-refractivity contribution is 0.0232. The maximum absolute atomic E-state index is 13.4. The van der Waals surface area contributed by atoms with E-state index in [0.29, 0.717) is 5.56 Å². The number of nitrogens with one attached hydrogen (secondary N) is 1. The van der Waals surface area contributed by atoms with Crippen LogP contribution in [0, 0.1) is 11.3 Å². The van der Waals surface area contributed by atoms with E-state index in [1.54, 1.807) is 13.2 Å². The third kappa shape index (κ3) is 4.93. The predicted octanol–water partition coefficient (Wildman–Crippen LogP) is 4.53. The second kappa shape index (κ2) is 9.21. The molecule has 0 bridgehead atoms. The number of nitriles is 1. The van der Waals surface area contributed by atoms with Crippen LogP contribution in [0.3, 0.4) is 0 Å². The maximum Gasteiger partial charge on any atom is 0.335 e. The Balaban J connectivity index is 1.74. The molecule has 0 heterocycles. The number of halogens is 1. The van der Waals surface area contributed by atoms with Gasteiger partial charge in [0.15, 0.2) is 0 Å². The van der Waals surface area contributed by atoms with E-state index in [-0.39, 0.29) is 50.6 Å². The van der Waals surface area contributed by atoms with E-state index in [2.05, 4.69) is 4.72 Å². The van der Waals surface area contributed by atoms with Gasteiger partial charge in [-0.15, -0.1) is 0 Å². The Kier molecular flexibility index (Phi) is 6.52. The minimum Gasteiger partial charge on any atom is -0.485 e. The molecular weight excluding hydrogens is 468 g/mol. The van der Waals surface area contributed by atoms with Crippen LogP contribution in [-0.4, -0.2) is 38.8 Å². The summed E-state index contributed by atoms with van der Waals surface area (Å²) in [6.45, 7) is 0. The highest BCUT2D eigenvalue weighted by atomic mass is 35.5. The number of carboxylic acid groups (broad SMARTS) is 1. The fourth-order valence-corrected chi connectivity index (χ4v) is 5.69. The van der Waals surface area contributed by atoms with Crippen molar-refractivity contribution in [1.29, 1.82) is 5.26 Å². The first-order valence-electron chi connectivity index (χ1n) is 10.6. The highest BCUT2D eigenvalue weighted by Crippen LogP contribution is 2.44. The smallest absolute Gasteiger partial charge is 0.335 e. The number of anilines is 1. The van der Waals surface area contributed by atoms with E-state index in [1.165, 1.54) is 18.2 Å². The molecule has 2 aromatic carbocycles. The van der Waals surface area contributed by atoms with Crippen molar-refractivity contribution in [3.05, 3.63) is 52.0 Å². The van der Waals surface area contributed by atoms with Crippen molar-refractivity contribution in [2.24, 2.45) is 0 Å². The van der Waals surface area contributed by atoms with Gasteiger partial charge in [-0.1, -0.05) is 17.7 Å². The monoisotopic (exact) mass is 490 g/mol. The topological polar surface area (TPSA) is 126 Å². The van der Waals surface area contributed by atoms with Crippen LogP contribution < -0.4 is 9.46 Å². The molecule has 0 aliphatic heterocycles. The molecule has 33 heavy (non-hydrogen) atoms. The van der Waals surface area contributed by atoms with E-state index in [0.717, 1.165) is 38.2 Å². The predicted molar refractivity (Wildman–Crippen MR) is 121 cm³/mol. The second-order valence-electron chi connectivity index (χ2n) is 8.24. The molecule has 0 unspecified atom stereocenters. The average Bonchev–Trinajstić information content (AvgIpc) is 3.53. The molecule has 8 nitrogen and oxygen atoms in total. The van der Waals surface area contributed by atoms with Gasteiger partial charge in [-0.05, 0) is 61.8 Å². The zero-order valence-electron chi connectivity index (χ0n) is 17.9. The van der Waals surface area contributed by atoms with Crippen LogP contribution in [0.1, 0.15) is 59.5 Å². The molecular formula is C23H23ClN2O6S. The lowest BCUT2D eigenvalue weighted by atomic mass is 10.1. The summed E-state index contributed by atoms with van der Waals surface area (Å²) >= 11 is 6.20. The molecule has 10 heteroatoms. The Morgan fingerprint density at radius 3 is 2.55 bits per heavy atom. The normalized spacial score (nSPS) is 20.3. The van der Waals surface area contributed by atoms with Crippen molar-refractivity contribution in [2.45, 2.75) is 55.1 Å². The van der Waals surface area contributed by atoms with Crippen molar-refractivity contribution in [1.82, 2.24) is 0 Å². The standard InChI is InChI=1S/C23H23ClN2O6S/c1-31-19-3-2-4-20(19)32-21-11-17(24)15(12-25)9-18(21)26-33(29,30)22-10-14(23(27)28)7-8-16(22)13-5-6-13/h7-11,13,19-20,26H,2-6H2,1H3,(H,27,28)/t19-,20-/m1/s1. The molecule has 2 N–H and O–H groups in total. The number of ether oxygens (including phenoxy) is 2. The summed E-state index contributed by atoms with van der Waals surface area (Å²) in [7, 11) is -2.60. The van der Waals surface area contributed by atoms with Gasteiger partial charge in [-0.3, -0.25) is 4.72 Å². The van der Waals surface area contributed by atoms with E-state index < -0.39 is 16.0 Å². The summed E-state index contributed by atoms with van der Waals surface area (Å²) in [5.74, 6) is -0.974. The Morgan fingerprint density at radius 2 is 1.91 bits per heavy atom. The Bertz CT molecular complexity index is 1240. The minimum absolute atomic E-state index is 0.0557. The average molecular weight is 491 g/mol. The van der Waals surface area contributed by atoms with Gasteiger partial charge < -0.3 is 14.6 Å². The number of hydrogen-bond acceptors (Lipinski definition) is 6. The third-order valence-electron chi connectivity index (χ3n) is 5.97. The summed E-state index contributed by atoms with van der Waals surface area (Å²) in [4.78, 5) is 11.4. The number of carboxylic acids is 1. The van der Waals surface area contributed by atoms with Crippen LogP contribution in [0.4, 0.5) is 5.69 Å². The van der Waals surface area contributed by atoms with Crippen molar-refractivity contribution in [2.75, 3.05) is 11.8 Å². The van der Waals surface area contributed by atoms with Crippen molar-refractivity contribution >= 4 is 33.3 Å². The second-order valence-corrected chi connectivity index (χ2v) is 10.3. The van der Waals surface area contributed by atoms with E-state index in [1.807, 2.05) is 6.07 Å². The number of carbonyl (C=O) groups is 1. The number of methoxy groups -OCH3 is 1. The number of sulfonamides is 1. The van der Waals surface area contributed by atoms with Crippen LogP contribution in [-0.2, 0) is 14.8 Å². The lowest BCUT2D eigenvalue weighted by Gasteiger charge is -2.23. The van der Waals surface area contributed by atoms with E-state index in [9.17, 15) is 23.6 Å². The molecule has 0 amide bonds. The van der Waals surface area contributed by atoms with E-state index in [4.69, 9.17) is 21.1 Å². The lowest BCUT2D eigenvalue weighted by Crippen LogP contribution is -2.28. The van der Waals surface area contributed by atoms with Gasteiger partial charge in [0.25, 0.3) is 10.0 Å². The van der Waals surface area contributed by atoms with Gasteiger partial charge >= 0.3 is 5.97 Å². The zero-order valence-corrected chi connectivity index (χ0v) is 19.4. The summed E-state index contributed by atoms with van der Waals surface area (Å²) in [5, 5.41) is 18.9.